The number of imide groups is 3. The fourth-order valence-electron chi connectivity index (χ4n) is 2.16. The Bertz CT molecular complexity index is 804. The highest BCUT2D eigenvalue weighted by Gasteiger charge is 2.42. The van der Waals surface area contributed by atoms with E-state index in [0.29, 0.717) is 4.90 Å². The largest absolute Gasteiger partial charge is 0.398 e. The Balaban J connectivity index is 2.09. The first-order valence-corrected chi connectivity index (χ1v) is 6.32. The van der Waals surface area contributed by atoms with Crippen LogP contribution in [0.1, 0.15) is 31.1 Å². The molecule has 0 saturated heterocycles. The monoisotopic (exact) mass is 301 g/mol. The van der Waals surface area contributed by atoms with Crippen LogP contribution in [0.15, 0.2) is 36.5 Å². The minimum Gasteiger partial charge on any atom is -0.398 e. The van der Waals surface area contributed by atoms with Gasteiger partial charge in [0.1, 0.15) is 5.15 Å². The van der Waals surface area contributed by atoms with Gasteiger partial charge in [0.15, 0.2) is 0 Å². The van der Waals surface area contributed by atoms with E-state index in [9.17, 15) is 14.4 Å². The quantitative estimate of drug-likeness (QED) is 0.492. The third-order valence-corrected chi connectivity index (χ3v) is 3.44. The number of anilines is 1. The molecule has 2 aromatic rings. The van der Waals surface area contributed by atoms with Gasteiger partial charge in [-0.3, -0.25) is 14.4 Å². The number of hydrogen-bond acceptors (Lipinski definition) is 5. The number of amides is 3. The van der Waals surface area contributed by atoms with Crippen LogP contribution >= 0.6 is 11.6 Å². The lowest BCUT2D eigenvalue weighted by Gasteiger charge is -2.12. The van der Waals surface area contributed by atoms with Gasteiger partial charge in [-0.25, -0.2) is 9.88 Å². The van der Waals surface area contributed by atoms with Crippen molar-refractivity contribution < 1.29 is 14.4 Å². The van der Waals surface area contributed by atoms with E-state index in [0.717, 1.165) is 0 Å². The first kappa shape index (κ1) is 13.3. The number of nitrogens with two attached hydrogens (primary N) is 1. The molecule has 0 saturated carbocycles. The second-order valence-electron chi connectivity index (χ2n) is 4.36. The molecule has 0 radical (unpaired) electrons. The molecule has 0 bridgehead atoms. The number of carbonyl (C=O) groups excluding carboxylic acids is 3. The van der Waals surface area contributed by atoms with Crippen LogP contribution in [0.2, 0.25) is 5.15 Å². The third-order valence-electron chi connectivity index (χ3n) is 3.14. The van der Waals surface area contributed by atoms with Gasteiger partial charge >= 0.3 is 0 Å². The molecular weight excluding hydrogens is 294 g/mol. The van der Waals surface area contributed by atoms with E-state index in [2.05, 4.69) is 4.98 Å². The summed E-state index contributed by atoms with van der Waals surface area (Å²) in [4.78, 5) is 41.2. The van der Waals surface area contributed by atoms with Crippen LogP contribution in [0.25, 0.3) is 0 Å². The zero-order valence-electron chi connectivity index (χ0n) is 10.5. The summed E-state index contributed by atoms with van der Waals surface area (Å²) in [5.74, 6) is -2.29. The van der Waals surface area contributed by atoms with Crippen LogP contribution in [0, 0.1) is 0 Å². The molecule has 1 aromatic heterocycles. The highest BCUT2D eigenvalue weighted by atomic mass is 35.5. The van der Waals surface area contributed by atoms with Gasteiger partial charge in [0.25, 0.3) is 17.7 Å². The van der Waals surface area contributed by atoms with Crippen LogP contribution in [-0.2, 0) is 0 Å². The Morgan fingerprint density at radius 3 is 2.57 bits per heavy atom. The van der Waals surface area contributed by atoms with Crippen molar-refractivity contribution in [3.63, 3.8) is 0 Å². The van der Waals surface area contributed by atoms with Crippen molar-refractivity contribution in [3.8, 4) is 0 Å². The molecule has 0 unspecified atom stereocenters. The van der Waals surface area contributed by atoms with E-state index in [1.54, 1.807) is 6.07 Å². The van der Waals surface area contributed by atoms with Crippen LogP contribution in [0.4, 0.5) is 5.69 Å². The lowest BCUT2D eigenvalue weighted by Crippen LogP contribution is -2.36. The molecule has 1 aliphatic rings. The molecule has 1 aliphatic heterocycles. The summed E-state index contributed by atoms with van der Waals surface area (Å²) < 4.78 is 0. The number of aromatic nitrogens is 1. The molecule has 2 heterocycles. The van der Waals surface area contributed by atoms with Crippen molar-refractivity contribution in [1.82, 2.24) is 9.88 Å². The SMILES string of the molecule is Nc1cccc2c1C(=O)N(C(=O)c1cccnc1Cl)C2=O. The maximum atomic E-state index is 12.4. The van der Waals surface area contributed by atoms with E-state index >= 15 is 0 Å². The van der Waals surface area contributed by atoms with Gasteiger partial charge in [0, 0.05) is 11.9 Å². The zero-order chi connectivity index (χ0) is 15.1. The molecule has 21 heavy (non-hydrogen) atoms. The summed E-state index contributed by atoms with van der Waals surface area (Å²) in [6.45, 7) is 0. The zero-order valence-corrected chi connectivity index (χ0v) is 11.3. The second-order valence-corrected chi connectivity index (χ2v) is 4.72. The van der Waals surface area contributed by atoms with Gasteiger partial charge in [0.05, 0.1) is 16.7 Å². The fourth-order valence-corrected chi connectivity index (χ4v) is 2.36. The molecule has 104 valence electrons. The topological polar surface area (TPSA) is 93.4 Å². The number of hydrogen-bond donors (Lipinski definition) is 1. The second kappa shape index (κ2) is 4.68. The molecule has 0 atom stereocenters. The van der Waals surface area contributed by atoms with Crippen LogP contribution in [0.3, 0.4) is 0 Å². The average Bonchev–Trinajstić information content (AvgIpc) is 2.72. The van der Waals surface area contributed by atoms with Crippen LogP contribution < -0.4 is 5.73 Å². The molecule has 0 fully saturated rings. The molecule has 3 amide bonds. The minimum atomic E-state index is -0.821. The number of fused-ring (bicyclic) bond motifs is 1. The lowest BCUT2D eigenvalue weighted by molar-refractivity contribution is 0.0566. The number of pyridine rings is 1. The first-order valence-electron chi connectivity index (χ1n) is 5.94. The molecule has 0 spiro atoms. The Hall–Kier alpha value is -2.73. The minimum absolute atomic E-state index is 0.0211. The smallest absolute Gasteiger partial charge is 0.271 e. The van der Waals surface area contributed by atoms with Gasteiger partial charge in [-0.2, -0.15) is 0 Å². The van der Waals surface area contributed by atoms with Crippen molar-refractivity contribution >= 4 is 35.0 Å². The standard InChI is InChI=1S/C14H8ClN3O3/c15-11-8(4-2-6-17-11)13(20)18-12(19)7-3-1-5-9(16)10(7)14(18)21/h1-6H,16H2. The normalized spacial score (nSPS) is 13.5. The van der Waals surface area contributed by atoms with E-state index < -0.39 is 17.7 Å². The number of benzene rings is 1. The van der Waals surface area contributed by atoms with Crippen molar-refractivity contribution in [1.29, 1.82) is 0 Å². The number of carbonyl (C=O) groups is 3. The highest BCUT2D eigenvalue weighted by molar-refractivity contribution is 6.37. The van der Waals surface area contributed by atoms with Gasteiger partial charge in [-0.05, 0) is 24.3 Å². The van der Waals surface area contributed by atoms with Gasteiger partial charge in [-0.1, -0.05) is 17.7 Å². The Morgan fingerprint density at radius 1 is 1.14 bits per heavy atom. The van der Waals surface area contributed by atoms with Crippen molar-refractivity contribution in [2.75, 3.05) is 5.73 Å². The Labute approximate surface area is 124 Å². The summed E-state index contributed by atoms with van der Waals surface area (Å²) in [6, 6.07) is 7.37. The predicted molar refractivity (Wildman–Crippen MR) is 74.9 cm³/mol. The molecule has 0 aliphatic carbocycles. The van der Waals surface area contributed by atoms with Crippen molar-refractivity contribution in [2.45, 2.75) is 0 Å². The van der Waals surface area contributed by atoms with Crippen LogP contribution in [-0.4, -0.2) is 27.6 Å². The molecule has 7 heteroatoms. The van der Waals surface area contributed by atoms with Crippen molar-refractivity contribution in [3.05, 3.63) is 58.4 Å². The Kier molecular flexibility index (Phi) is 2.95. The molecule has 3 rings (SSSR count). The molecule has 1 aromatic carbocycles. The Morgan fingerprint density at radius 2 is 1.90 bits per heavy atom. The van der Waals surface area contributed by atoms with Crippen molar-refractivity contribution in [2.24, 2.45) is 0 Å². The summed E-state index contributed by atoms with van der Waals surface area (Å²) in [5, 5.41) is -0.0768. The first-order chi connectivity index (χ1) is 10.0. The summed E-state index contributed by atoms with van der Waals surface area (Å²) in [7, 11) is 0. The average molecular weight is 302 g/mol. The molecule has 6 nitrogen and oxygen atoms in total. The number of halogens is 1. The van der Waals surface area contributed by atoms with E-state index in [-0.39, 0.29) is 27.5 Å². The lowest BCUT2D eigenvalue weighted by atomic mass is 10.1. The molecule has 2 N–H and O–H groups in total. The van der Waals surface area contributed by atoms with Gasteiger partial charge < -0.3 is 5.73 Å². The maximum Gasteiger partial charge on any atom is 0.271 e. The third kappa shape index (κ3) is 1.88. The van der Waals surface area contributed by atoms with Gasteiger partial charge in [0.2, 0.25) is 0 Å². The van der Waals surface area contributed by atoms with Crippen LogP contribution in [0.5, 0.6) is 0 Å². The molecular formula is C14H8ClN3O3. The summed E-state index contributed by atoms with van der Waals surface area (Å²) >= 11 is 5.83. The van der Waals surface area contributed by atoms with E-state index in [1.807, 2.05) is 0 Å². The number of nitrogen functional groups attached to an aromatic ring is 1. The maximum absolute atomic E-state index is 12.4. The highest BCUT2D eigenvalue weighted by Crippen LogP contribution is 2.29. The predicted octanol–water partition coefficient (Wildman–Crippen LogP) is 1.75. The van der Waals surface area contributed by atoms with E-state index in [1.165, 1.54) is 30.5 Å². The summed E-state index contributed by atoms with van der Waals surface area (Å²) in [6.07, 6.45) is 1.40. The number of rotatable bonds is 1. The number of nitrogens with zero attached hydrogens (tertiary/aromatic N) is 2. The fraction of sp³-hybridized carbons (Fsp3) is 0. The van der Waals surface area contributed by atoms with Gasteiger partial charge in [-0.15, -0.1) is 0 Å². The van der Waals surface area contributed by atoms with E-state index in [4.69, 9.17) is 17.3 Å². The summed E-state index contributed by atoms with van der Waals surface area (Å²) in [5.41, 5.74) is 5.98.